The van der Waals surface area contributed by atoms with Gasteiger partial charge in [-0.3, -0.25) is 4.79 Å². The van der Waals surface area contributed by atoms with Crippen LogP contribution in [0.1, 0.15) is 44.7 Å². The lowest BCUT2D eigenvalue weighted by atomic mass is 10.00. The average molecular weight is 374 g/mol. The molecule has 0 spiro atoms. The summed E-state index contributed by atoms with van der Waals surface area (Å²) in [4.78, 5) is 15.3. The molecule has 2 aliphatic rings. The van der Waals surface area contributed by atoms with Gasteiger partial charge in [0, 0.05) is 12.1 Å². The highest BCUT2D eigenvalue weighted by Gasteiger charge is 2.32. The number of carbonyl (C=O) groups is 1. The maximum Gasteiger partial charge on any atom is 0.254 e. The smallest absolute Gasteiger partial charge is 0.254 e. The number of carbonyl (C=O) groups excluding carboxylic acids is 1. The molecule has 3 aromatic rings. The molecule has 2 aliphatic heterocycles. The van der Waals surface area contributed by atoms with Gasteiger partial charge in [0.05, 0.1) is 25.8 Å². The highest BCUT2D eigenvalue weighted by Crippen LogP contribution is 2.29. The largest absolute Gasteiger partial charge is 0.372 e. The van der Waals surface area contributed by atoms with E-state index >= 15 is 0 Å². The van der Waals surface area contributed by atoms with Crippen molar-refractivity contribution in [2.45, 2.75) is 39.1 Å². The van der Waals surface area contributed by atoms with Gasteiger partial charge in [0.2, 0.25) is 0 Å². The molecule has 0 saturated heterocycles. The summed E-state index contributed by atoms with van der Waals surface area (Å²) in [5.41, 5.74) is 4.13. The molecule has 142 valence electrons. The number of amides is 1. The first kappa shape index (κ1) is 17.1. The molecular weight excluding hydrogens is 352 g/mol. The summed E-state index contributed by atoms with van der Waals surface area (Å²) in [6, 6.07) is 16.4. The fourth-order valence-electron chi connectivity index (χ4n) is 4.34. The van der Waals surface area contributed by atoms with Crippen LogP contribution in [0.3, 0.4) is 0 Å². The van der Waals surface area contributed by atoms with Gasteiger partial charge in [-0.15, -0.1) is 10.2 Å². The predicted octanol–water partition coefficient (Wildman–Crippen LogP) is 3.06. The molecule has 1 amide bonds. The van der Waals surface area contributed by atoms with Crippen LogP contribution in [-0.2, 0) is 30.9 Å². The van der Waals surface area contributed by atoms with Crippen molar-refractivity contribution < 1.29 is 9.53 Å². The van der Waals surface area contributed by atoms with Crippen LogP contribution >= 0.6 is 0 Å². The Bertz CT molecular complexity index is 1030. The second-order valence-electron chi connectivity index (χ2n) is 7.50. The summed E-state index contributed by atoms with van der Waals surface area (Å²) in [6.07, 6.45) is 0.840. The van der Waals surface area contributed by atoms with Gasteiger partial charge in [-0.2, -0.15) is 0 Å². The van der Waals surface area contributed by atoms with Crippen LogP contribution in [-0.4, -0.2) is 32.1 Å². The fraction of sp³-hybridized carbons (Fsp3) is 0.318. The number of hydrogen-bond donors (Lipinski definition) is 0. The maximum atomic E-state index is 13.4. The molecule has 0 bridgehead atoms. The number of aryl methyl sites for hydroxylation is 1. The average Bonchev–Trinajstić information content (AvgIpc) is 3.35. The minimum atomic E-state index is 0.0484. The number of nitrogens with zero attached hydrogens (tertiary/aromatic N) is 4. The van der Waals surface area contributed by atoms with Gasteiger partial charge < -0.3 is 14.2 Å². The SMILES string of the molecule is Cc1nnc2n1[C@H](Cc1ccccc1)CN(C(=O)c1cccc3c1COC3)C2. The van der Waals surface area contributed by atoms with E-state index in [0.717, 1.165) is 34.8 Å². The Balaban J connectivity index is 1.47. The molecule has 0 fully saturated rings. The van der Waals surface area contributed by atoms with Crippen molar-refractivity contribution >= 4 is 5.91 Å². The van der Waals surface area contributed by atoms with Gasteiger partial charge >= 0.3 is 0 Å². The molecule has 0 radical (unpaired) electrons. The predicted molar refractivity (Wildman–Crippen MR) is 104 cm³/mol. The molecule has 0 unspecified atom stereocenters. The Hall–Kier alpha value is -2.99. The Morgan fingerprint density at radius 1 is 1.11 bits per heavy atom. The minimum Gasteiger partial charge on any atom is -0.372 e. The van der Waals surface area contributed by atoms with Crippen LogP contribution < -0.4 is 0 Å². The van der Waals surface area contributed by atoms with E-state index in [2.05, 4.69) is 26.9 Å². The lowest BCUT2D eigenvalue weighted by Crippen LogP contribution is -2.42. The van der Waals surface area contributed by atoms with Crippen LogP contribution in [0.5, 0.6) is 0 Å². The molecular formula is C22H22N4O2. The van der Waals surface area contributed by atoms with E-state index in [0.29, 0.717) is 26.3 Å². The van der Waals surface area contributed by atoms with Crippen molar-refractivity contribution in [3.63, 3.8) is 0 Å². The lowest BCUT2D eigenvalue weighted by Gasteiger charge is -2.34. The van der Waals surface area contributed by atoms with Crippen LogP contribution in [0.25, 0.3) is 0 Å². The van der Waals surface area contributed by atoms with Crippen LogP contribution in [0.15, 0.2) is 48.5 Å². The van der Waals surface area contributed by atoms with E-state index < -0.39 is 0 Å². The van der Waals surface area contributed by atoms with Gasteiger partial charge in [0.15, 0.2) is 5.82 Å². The van der Waals surface area contributed by atoms with Crippen molar-refractivity contribution in [3.05, 3.63) is 82.4 Å². The first-order chi connectivity index (χ1) is 13.7. The normalized spacial score (nSPS) is 18.0. The van der Waals surface area contributed by atoms with Crippen molar-refractivity contribution in [1.82, 2.24) is 19.7 Å². The van der Waals surface area contributed by atoms with Crippen LogP contribution in [0.4, 0.5) is 0 Å². The number of fused-ring (bicyclic) bond motifs is 2. The topological polar surface area (TPSA) is 60.2 Å². The molecule has 1 atom stereocenters. The minimum absolute atomic E-state index is 0.0484. The third-order valence-electron chi connectivity index (χ3n) is 5.67. The summed E-state index contributed by atoms with van der Waals surface area (Å²) in [5, 5.41) is 8.61. The molecule has 28 heavy (non-hydrogen) atoms. The quantitative estimate of drug-likeness (QED) is 0.707. The molecule has 2 aromatic carbocycles. The first-order valence-electron chi connectivity index (χ1n) is 9.63. The van der Waals surface area contributed by atoms with E-state index in [4.69, 9.17) is 4.74 Å². The van der Waals surface area contributed by atoms with E-state index in [1.807, 2.05) is 48.2 Å². The lowest BCUT2D eigenvalue weighted by molar-refractivity contribution is 0.0668. The van der Waals surface area contributed by atoms with Gasteiger partial charge in [-0.05, 0) is 36.1 Å². The highest BCUT2D eigenvalue weighted by molar-refractivity contribution is 5.96. The Morgan fingerprint density at radius 3 is 2.82 bits per heavy atom. The summed E-state index contributed by atoms with van der Waals surface area (Å²) in [7, 11) is 0. The third-order valence-corrected chi connectivity index (χ3v) is 5.67. The van der Waals surface area contributed by atoms with Gasteiger partial charge in [-0.25, -0.2) is 0 Å². The van der Waals surface area contributed by atoms with Crippen molar-refractivity contribution in [1.29, 1.82) is 0 Å². The zero-order chi connectivity index (χ0) is 19.1. The monoisotopic (exact) mass is 374 g/mol. The zero-order valence-electron chi connectivity index (χ0n) is 15.8. The van der Waals surface area contributed by atoms with Gasteiger partial charge in [0.25, 0.3) is 5.91 Å². The standard InChI is InChI=1S/C22H22N4O2/c1-15-23-24-21-12-25(11-18(26(15)21)10-16-6-3-2-4-7-16)22(27)19-9-5-8-17-13-28-14-20(17)19/h2-9,18H,10-14H2,1H3/t18-/m1/s1. The van der Waals surface area contributed by atoms with Crippen molar-refractivity contribution in [3.8, 4) is 0 Å². The van der Waals surface area contributed by atoms with Gasteiger partial charge in [-0.1, -0.05) is 42.5 Å². The summed E-state index contributed by atoms with van der Waals surface area (Å²) >= 11 is 0. The summed E-state index contributed by atoms with van der Waals surface area (Å²) in [6.45, 7) is 4.20. The summed E-state index contributed by atoms with van der Waals surface area (Å²) in [5.74, 6) is 1.80. The van der Waals surface area contributed by atoms with E-state index in [1.54, 1.807) is 0 Å². The fourth-order valence-corrected chi connectivity index (χ4v) is 4.34. The Kier molecular flexibility index (Phi) is 4.20. The zero-order valence-corrected chi connectivity index (χ0v) is 15.8. The highest BCUT2D eigenvalue weighted by atomic mass is 16.5. The second kappa shape index (κ2) is 6.87. The Morgan fingerprint density at radius 2 is 1.96 bits per heavy atom. The molecule has 5 rings (SSSR count). The van der Waals surface area contributed by atoms with Crippen LogP contribution in [0, 0.1) is 6.92 Å². The molecule has 1 aromatic heterocycles. The maximum absolute atomic E-state index is 13.4. The molecule has 6 heteroatoms. The molecule has 0 N–H and O–H groups in total. The molecule has 3 heterocycles. The van der Waals surface area contributed by atoms with E-state index in [9.17, 15) is 4.79 Å². The first-order valence-corrected chi connectivity index (χ1v) is 9.63. The van der Waals surface area contributed by atoms with E-state index in [1.165, 1.54) is 5.56 Å². The van der Waals surface area contributed by atoms with Crippen molar-refractivity contribution in [2.24, 2.45) is 0 Å². The van der Waals surface area contributed by atoms with Crippen LogP contribution in [0.2, 0.25) is 0 Å². The van der Waals surface area contributed by atoms with Crippen molar-refractivity contribution in [2.75, 3.05) is 6.54 Å². The molecule has 6 nitrogen and oxygen atoms in total. The number of benzene rings is 2. The number of hydrogen-bond acceptors (Lipinski definition) is 4. The number of ether oxygens (including phenoxy) is 1. The molecule has 0 saturated carbocycles. The number of rotatable bonds is 3. The summed E-state index contributed by atoms with van der Waals surface area (Å²) < 4.78 is 7.75. The van der Waals surface area contributed by atoms with E-state index in [-0.39, 0.29) is 11.9 Å². The number of aromatic nitrogens is 3. The van der Waals surface area contributed by atoms with Gasteiger partial charge in [0.1, 0.15) is 5.82 Å². The Labute approximate surface area is 163 Å². The third kappa shape index (κ3) is 2.90. The molecule has 0 aliphatic carbocycles. The second-order valence-corrected chi connectivity index (χ2v) is 7.50.